The van der Waals surface area contributed by atoms with Crippen molar-refractivity contribution in [2.24, 2.45) is 5.10 Å². The van der Waals surface area contributed by atoms with Crippen LogP contribution in [-0.4, -0.2) is 23.8 Å². The fraction of sp³-hybridized carbons (Fsp3) is 0.280. The lowest BCUT2D eigenvalue weighted by atomic mass is 9.95. The summed E-state index contributed by atoms with van der Waals surface area (Å²) in [6, 6.07) is 16.3. The van der Waals surface area contributed by atoms with Crippen LogP contribution in [0.15, 0.2) is 59.7 Å². The van der Waals surface area contributed by atoms with Crippen molar-refractivity contribution >= 4 is 29.1 Å². The van der Waals surface area contributed by atoms with Crippen LogP contribution in [0.1, 0.15) is 36.1 Å². The number of para-hydroxylation sites is 2. The Hall–Kier alpha value is -3.34. The van der Waals surface area contributed by atoms with Crippen LogP contribution in [0.4, 0.5) is 0 Å². The molecule has 5 heteroatoms. The van der Waals surface area contributed by atoms with Crippen LogP contribution in [0.5, 0.6) is 5.75 Å². The molecule has 4 rings (SSSR count). The molecule has 30 heavy (non-hydrogen) atoms. The fourth-order valence-corrected chi connectivity index (χ4v) is 4.21. The number of methoxy groups -OCH3 is 1. The third-order valence-electron chi connectivity index (χ3n) is 5.61. The molecule has 0 spiro atoms. The van der Waals surface area contributed by atoms with E-state index in [2.05, 4.69) is 39.4 Å². The molecule has 1 aliphatic rings. The summed E-state index contributed by atoms with van der Waals surface area (Å²) in [5, 5.41) is 5.37. The predicted octanol–water partition coefficient (Wildman–Crippen LogP) is 4.73. The zero-order valence-electron chi connectivity index (χ0n) is 17.3. The molecule has 1 amide bonds. The molecule has 1 aliphatic carbocycles. The summed E-state index contributed by atoms with van der Waals surface area (Å²) in [6.45, 7) is 0.675. The van der Waals surface area contributed by atoms with Crippen molar-refractivity contribution in [1.29, 1.82) is 0 Å². The first-order chi connectivity index (χ1) is 14.8. The van der Waals surface area contributed by atoms with Crippen LogP contribution in [0.3, 0.4) is 0 Å². The number of hydrazone groups is 1. The molecular weight excluding hydrogens is 374 g/mol. The van der Waals surface area contributed by atoms with Gasteiger partial charge in [0.15, 0.2) is 0 Å². The van der Waals surface area contributed by atoms with Gasteiger partial charge in [-0.15, -0.1) is 0 Å². The van der Waals surface area contributed by atoms with E-state index in [-0.39, 0.29) is 5.91 Å². The highest BCUT2D eigenvalue weighted by Crippen LogP contribution is 2.32. The number of aryl methyl sites for hydroxylation is 2. The normalized spacial score (nSPS) is 13.8. The molecule has 1 N–H and O–H groups in total. The Labute approximate surface area is 177 Å². The number of hydrogen-bond donors (Lipinski definition) is 1. The molecule has 0 saturated carbocycles. The van der Waals surface area contributed by atoms with Crippen molar-refractivity contribution in [3.63, 3.8) is 0 Å². The van der Waals surface area contributed by atoms with Gasteiger partial charge < -0.3 is 9.30 Å². The van der Waals surface area contributed by atoms with Crippen molar-refractivity contribution in [3.05, 3.63) is 71.4 Å². The van der Waals surface area contributed by atoms with Crippen molar-refractivity contribution in [1.82, 2.24) is 9.99 Å². The first-order valence-corrected chi connectivity index (χ1v) is 10.5. The maximum Gasteiger partial charge on any atom is 0.241 e. The summed E-state index contributed by atoms with van der Waals surface area (Å²) in [7, 11) is 1.64. The second-order valence-electron chi connectivity index (χ2n) is 7.47. The zero-order valence-corrected chi connectivity index (χ0v) is 17.3. The minimum Gasteiger partial charge on any atom is -0.496 e. The van der Waals surface area contributed by atoms with E-state index in [1.54, 1.807) is 19.4 Å². The van der Waals surface area contributed by atoms with E-state index < -0.39 is 0 Å². The lowest BCUT2D eigenvalue weighted by Gasteiger charge is -2.15. The monoisotopic (exact) mass is 401 g/mol. The molecule has 1 aromatic heterocycles. The number of benzene rings is 2. The molecule has 0 unspecified atom stereocenters. The van der Waals surface area contributed by atoms with Crippen LogP contribution in [-0.2, 0) is 24.2 Å². The first kappa shape index (κ1) is 20.0. The summed E-state index contributed by atoms with van der Waals surface area (Å²) in [4.78, 5) is 12.3. The summed E-state index contributed by atoms with van der Waals surface area (Å²) in [6.07, 6.45) is 10.4. The summed E-state index contributed by atoms with van der Waals surface area (Å²) >= 11 is 0. The van der Waals surface area contributed by atoms with E-state index in [0.29, 0.717) is 13.0 Å². The van der Waals surface area contributed by atoms with Crippen LogP contribution >= 0.6 is 0 Å². The molecule has 0 aliphatic heterocycles. The van der Waals surface area contributed by atoms with E-state index >= 15 is 0 Å². The maximum atomic E-state index is 12.3. The van der Waals surface area contributed by atoms with Gasteiger partial charge in [-0.2, -0.15) is 5.10 Å². The molecule has 0 atom stereocenters. The fourth-order valence-electron chi connectivity index (χ4n) is 4.21. The maximum absolute atomic E-state index is 12.3. The first-order valence-electron chi connectivity index (χ1n) is 10.5. The SMILES string of the molecule is COc1ccccc1/C=C/C=N\NC(=O)CCn1c2c(c3ccccc31)CCCC2. The van der Waals surface area contributed by atoms with Gasteiger partial charge in [-0.25, -0.2) is 5.43 Å². The van der Waals surface area contributed by atoms with Gasteiger partial charge >= 0.3 is 0 Å². The minimum absolute atomic E-state index is 0.0840. The van der Waals surface area contributed by atoms with Crippen molar-refractivity contribution in [2.45, 2.75) is 38.6 Å². The average molecular weight is 402 g/mol. The number of ether oxygens (including phenoxy) is 1. The second kappa shape index (κ2) is 9.44. The number of amides is 1. The highest BCUT2D eigenvalue weighted by atomic mass is 16.5. The lowest BCUT2D eigenvalue weighted by Crippen LogP contribution is -2.20. The van der Waals surface area contributed by atoms with E-state index in [0.717, 1.165) is 24.2 Å². The molecule has 0 bridgehead atoms. The number of allylic oxidation sites excluding steroid dienone is 1. The summed E-state index contributed by atoms with van der Waals surface area (Å²) in [5.74, 6) is 0.716. The van der Waals surface area contributed by atoms with Crippen LogP contribution < -0.4 is 10.2 Å². The standard InChI is InChI=1S/C25H27N3O2/c1-30-24-15-7-2-9-19(24)10-8-17-26-27-25(29)16-18-28-22-13-5-3-11-20(22)21-12-4-6-14-23(21)28/h2-3,5,7-11,13,15,17H,4,6,12,14,16,18H2,1H3,(H,27,29)/b10-8+,26-17-. The Balaban J connectivity index is 1.36. The lowest BCUT2D eigenvalue weighted by molar-refractivity contribution is -0.121. The second-order valence-corrected chi connectivity index (χ2v) is 7.47. The van der Waals surface area contributed by atoms with Gasteiger partial charge in [-0.3, -0.25) is 4.79 Å². The Bertz CT molecular complexity index is 1090. The molecule has 2 aromatic carbocycles. The van der Waals surface area contributed by atoms with Crippen LogP contribution in [0.2, 0.25) is 0 Å². The number of fused-ring (bicyclic) bond motifs is 3. The van der Waals surface area contributed by atoms with Gasteiger partial charge in [0, 0.05) is 41.3 Å². The minimum atomic E-state index is -0.0840. The molecule has 154 valence electrons. The smallest absolute Gasteiger partial charge is 0.241 e. The number of hydrogen-bond acceptors (Lipinski definition) is 3. The van der Waals surface area contributed by atoms with Gasteiger partial charge in [0.2, 0.25) is 5.91 Å². The van der Waals surface area contributed by atoms with Gasteiger partial charge in [0.1, 0.15) is 5.75 Å². The molecule has 0 saturated heterocycles. The average Bonchev–Trinajstić information content (AvgIpc) is 3.11. The topological polar surface area (TPSA) is 55.6 Å². The van der Waals surface area contributed by atoms with E-state index in [1.807, 2.05) is 30.3 Å². The highest BCUT2D eigenvalue weighted by Gasteiger charge is 2.19. The number of rotatable bonds is 7. The Morgan fingerprint density at radius 3 is 2.83 bits per heavy atom. The highest BCUT2D eigenvalue weighted by molar-refractivity contribution is 5.86. The van der Waals surface area contributed by atoms with Crippen molar-refractivity contribution in [3.8, 4) is 5.75 Å². The summed E-state index contributed by atoms with van der Waals surface area (Å²) < 4.78 is 7.64. The third-order valence-corrected chi connectivity index (χ3v) is 5.61. The third kappa shape index (κ3) is 4.30. The van der Waals surface area contributed by atoms with E-state index in [9.17, 15) is 4.79 Å². The Kier molecular flexibility index (Phi) is 6.28. The molecule has 3 aromatic rings. The number of carbonyl (C=O) groups excluding carboxylic acids is 1. The molecule has 0 fully saturated rings. The summed E-state index contributed by atoms with van der Waals surface area (Å²) in [5.41, 5.74) is 7.69. The quantitative estimate of drug-likeness (QED) is 0.459. The van der Waals surface area contributed by atoms with Crippen molar-refractivity contribution in [2.75, 3.05) is 7.11 Å². The Morgan fingerprint density at radius 1 is 1.13 bits per heavy atom. The number of nitrogens with zero attached hydrogens (tertiary/aromatic N) is 2. The van der Waals surface area contributed by atoms with E-state index in [4.69, 9.17) is 4.74 Å². The largest absolute Gasteiger partial charge is 0.496 e. The van der Waals surface area contributed by atoms with Crippen molar-refractivity contribution < 1.29 is 9.53 Å². The van der Waals surface area contributed by atoms with Crippen LogP contribution in [0.25, 0.3) is 17.0 Å². The van der Waals surface area contributed by atoms with Gasteiger partial charge in [-0.1, -0.05) is 36.4 Å². The van der Waals surface area contributed by atoms with E-state index in [1.165, 1.54) is 35.0 Å². The Morgan fingerprint density at radius 2 is 1.93 bits per heavy atom. The van der Waals surface area contributed by atoms with Gasteiger partial charge in [-0.05, 0) is 55.5 Å². The molecule has 1 heterocycles. The molecule has 5 nitrogen and oxygen atoms in total. The number of nitrogens with one attached hydrogen (secondary N) is 1. The van der Waals surface area contributed by atoms with Crippen LogP contribution in [0, 0.1) is 0 Å². The number of aromatic nitrogens is 1. The van der Waals surface area contributed by atoms with Gasteiger partial charge in [0.05, 0.1) is 7.11 Å². The zero-order chi connectivity index (χ0) is 20.8. The number of carbonyl (C=O) groups is 1. The predicted molar refractivity (Wildman–Crippen MR) is 122 cm³/mol. The van der Waals surface area contributed by atoms with Gasteiger partial charge in [0.25, 0.3) is 0 Å². The molecular formula is C25H27N3O2. The molecule has 0 radical (unpaired) electrons.